The molecule has 4 aromatic carbocycles. The average molecular weight is 679 g/mol. The van der Waals surface area contributed by atoms with Gasteiger partial charge in [0.15, 0.2) is 0 Å². The molecule has 0 saturated heterocycles. The third-order valence-corrected chi connectivity index (χ3v) is 7.79. The highest BCUT2D eigenvalue weighted by Gasteiger charge is 2.20. The van der Waals surface area contributed by atoms with E-state index in [-0.39, 0.29) is 0 Å². The van der Waals surface area contributed by atoms with Crippen molar-refractivity contribution in [2.75, 3.05) is 37.9 Å². The summed E-state index contributed by atoms with van der Waals surface area (Å²) in [4.78, 5) is 0. The molecule has 0 saturated carbocycles. The Hall–Kier alpha value is -5.19. The minimum Gasteiger partial charge on any atom is -0.867 e. The second kappa shape index (κ2) is 19.7. The van der Waals surface area contributed by atoms with Crippen molar-refractivity contribution in [1.82, 2.24) is 0 Å². The van der Waals surface area contributed by atoms with Crippen LogP contribution >= 0.6 is 0 Å². The number of anilines is 2. The summed E-state index contributed by atoms with van der Waals surface area (Å²) in [6.07, 6.45) is 4.65. The zero-order valence-electron chi connectivity index (χ0n) is 29.0. The van der Waals surface area contributed by atoms with Gasteiger partial charge in [0.2, 0.25) is 0 Å². The molecule has 0 radical (unpaired) electrons. The number of ether oxygens (including phenoxy) is 2. The maximum atomic E-state index is 9.89. The van der Waals surface area contributed by atoms with Crippen molar-refractivity contribution in [3.05, 3.63) is 109 Å². The average Bonchev–Trinajstić information content (AvgIpc) is 3.15. The fourth-order valence-electron chi connectivity index (χ4n) is 5.16. The summed E-state index contributed by atoms with van der Waals surface area (Å²) in [6, 6.07) is 36.3. The number of methoxy groups -OCH3 is 2. The van der Waals surface area contributed by atoms with Gasteiger partial charge in [0.25, 0.3) is 0 Å². The summed E-state index contributed by atoms with van der Waals surface area (Å²) in [5.74, 6) is 3.39. The van der Waals surface area contributed by atoms with Gasteiger partial charge in [-0.3, -0.25) is 0 Å². The maximum Gasteiger partial charge on any atom is 0.362 e. The molecule has 0 bridgehead atoms. The minimum absolute atomic E-state index is 0.843. The number of nitrogens with one attached hydrogen (secondary N) is 2. The van der Waals surface area contributed by atoms with Crippen LogP contribution in [0.1, 0.15) is 39.5 Å². The van der Waals surface area contributed by atoms with E-state index >= 15 is 0 Å². The molecule has 10 heteroatoms. The molecule has 0 aliphatic heterocycles. The number of halogens is 1. The fraction of sp³-hybridized carbons (Fsp3) is 0.250. The van der Waals surface area contributed by atoms with E-state index in [9.17, 15) is 4.32 Å². The molecule has 260 valence electrons. The Kier molecular flexibility index (Phi) is 14.8. The first-order valence-electron chi connectivity index (χ1n) is 16.8. The predicted molar refractivity (Wildman–Crippen MR) is 199 cm³/mol. The van der Waals surface area contributed by atoms with Crippen LogP contribution in [0.5, 0.6) is 11.5 Å². The van der Waals surface area contributed by atoms with Crippen molar-refractivity contribution in [2.45, 2.75) is 39.5 Å². The molecule has 2 N–H and O–H groups in total. The maximum absolute atomic E-state index is 9.89. The molecule has 2 aromatic heterocycles. The number of fused-ring (bicyclic) bond motifs is 2. The van der Waals surface area contributed by atoms with E-state index in [1.807, 2.05) is 84.9 Å². The third kappa shape index (κ3) is 10.9. The Morgan fingerprint density at radius 1 is 0.600 bits per heavy atom. The first-order chi connectivity index (χ1) is 24.4. The Morgan fingerprint density at radius 3 is 1.30 bits per heavy atom. The van der Waals surface area contributed by atoms with Crippen LogP contribution in [0, 0.1) is 0 Å². The summed E-state index contributed by atoms with van der Waals surface area (Å²) in [5.41, 5.74) is 6.09. The molecule has 6 rings (SSSR count). The second-order valence-electron chi connectivity index (χ2n) is 11.3. The van der Waals surface area contributed by atoms with Gasteiger partial charge in [-0.05, 0) is 73.5 Å². The molecule has 6 aromatic rings. The van der Waals surface area contributed by atoms with E-state index in [2.05, 4.69) is 48.7 Å². The normalized spacial score (nSPS) is 10.4. The molecule has 0 aliphatic carbocycles. The van der Waals surface area contributed by atoms with Crippen LogP contribution in [0.2, 0.25) is 0 Å². The summed E-state index contributed by atoms with van der Waals surface area (Å²) in [7, 11) is 0.177. The topological polar surface area (TPSA) is 111 Å². The molecule has 2 heterocycles. The van der Waals surface area contributed by atoms with Gasteiger partial charge in [-0.1, -0.05) is 51.0 Å². The Labute approximate surface area is 293 Å². The lowest BCUT2D eigenvalue weighted by Crippen LogP contribution is -2.39. The van der Waals surface area contributed by atoms with Gasteiger partial charge in [-0.15, -0.1) is 0 Å². The van der Waals surface area contributed by atoms with Gasteiger partial charge in [-0.25, -0.2) is 8.83 Å². The van der Waals surface area contributed by atoms with Gasteiger partial charge >= 0.3 is 22.7 Å². The molecular formula is C40H44BFN2O6. The Morgan fingerprint density at radius 2 is 0.960 bits per heavy atom. The third-order valence-electron chi connectivity index (χ3n) is 7.79. The number of benzene rings is 4. The number of unbranched alkanes of at least 4 members (excludes halogenated alkanes) is 2. The zero-order valence-corrected chi connectivity index (χ0v) is 29.0. The lowest BCUT2D eigenvalue weighted by Gasteiger charge is -2.09. The van der Waals surface area contributed by atoms with Crippen molar-refractivity contribution in [1.29, 1.82) is 0 Å². The summed E-state index contributed by atoms with van der Waals surface area (Å²) in [5, 5.41) is 25.9. The van der Waals surface area contributed by atoms with E-state index in [0.29, 0.717) is 0 Å². The monoisotopic (exact) mass is 678 g/mol. The van der Waals surface area contributed by atoms with Crippen LogP contribution in [0.25, 0.3) is 44.6 Å². The largest absolute Gasteiger partial charge is 0.867 e. The van der Waals surface area contributed by atoms with E-state index in [1.54, 1.807) is 14.2 Å². The number of hydrogen-bond donors (Lipinski definition) is 2. The van der Waals surface area contributed by atoms with Crippen LogP contribution in [-0.2, 0) is 0 Å². The van der Waals surface area contributed by atoms with E-state index in [0.717, 1.165) is 93.4 Å². The quantitative estimate of drug-likeness (QED) is 0.0751. The van der Waals surface area contributed by atoms with Crippen LogP contribution in [0.4, 0.5) is 15.7 Å². The molecule has 50 heavy (non-hydrogen) atoms. The van der Waals surface area contributed by atoms with Gasteiger partial charge in [-0.2, -0.15) is 0 Å². The van der Waals surface area contributed by atoms with Crippen molar-refractivity contribution in [2.24, 2.45) is 0 Å². The molecule has 0 spiro atoms. The van der Waals surface area contributed by atoms with Crippen molar-refractivity contribution in [3.63, 3.8) is 0 Å². The zero-order chi connectivity index (χ0) is 35.7. The van der Waals surface area contributed by atoms with Crippen LogP contribution in [0.15, 0.2) is 118 Å². The first-order valence-corrected chi connectivity index (χ1v) is 16.8. The number of para-hydroxylation sites is 2. The summed E-state index contributed by atoms with van der Waals surface area (Å²) in [6.45, 7) is 6.32. The van der Waals surface area contributed by atoms with Crippen LogP contribution in [-0.4, -0.2) is 34.7 Å². The van der Waals surface area contributed by atoms with Crippen molar-refractivity contribution < 1.29 is 32.7 Å². The molecule has 0 atom stereocenters. The van der Waals surface area contributed by atoms with Crippen molar-refractivity contribution >= 4 is 40.7 Å². The molecule has 0 aliphatic rings. The van der Waals surface area contributed by atoms with Crippen LogP contribution in [0.3, 0.4) is 0 Å². The summed E-state index contributed by atoms with van der Waals surface area (Å²) < 4.78 is 32.5. The Balaban J connectivity index is 0.000000203. The standard InChI is InChI=1S/2C20H22NO2.BFO2/c2*1-3-4-13-21-18-14-20(15-9-11-16(22-2)12-10-15)23-19-8-6-5-7-17(18)19;2-1(3)4/h2*5-12,14,21H,3-4,13H2,1-2H3;/q2*+1;-2. The SMILES string of the molecule is CCCCNc1cc(-c2ccc(OC)cc2)[o+]c2ccccc12.CCCCNc1cc(-c2ccc(OC)cc2)[o+]c2ccccc12.[O-]B([O-])F. The molecular weight excluding hydrogens is 634 g/mol. The highest BCUT2D eigenvalue weighted by atomic mass is 19.1. The molecule has 8 nitrogen and oxygen atoms in total. The molecule has 0 unspecified atom stereocenters. The first kappa shape index (κ1) is 37.6. The highest BCUT2D eigenvalue weighted by Crippen LogP contribution is 2.33. The lowest BCUT2D eigenvalue weighted by molar-refractivity contribution is -0.366. The van der Waals surface area contributed by atoms with Gasteiger partial charge < -0.3 is 34.5 Å². The van der Waals surface area contributed by atoms with E-state index in [4.69, 9.17) is 28.4 Å². The lowest BCUT2D eigenvalue weighted by atomic mass is 10.1. The van der Waals surface area contributed by atoms with Crippen molar-refractivity contribution in [3.8, 4) is 34.1 Å². The molecule has 0 fully saturated rings. The fourth-order valence-corrected chi connectivity index (χ4v) is 5.16. The van der Waals surface area contributed by atoms with Crippen LogP contribution < -0.4 is 30.2 Å². The van der Waals surface area contributed by atoms with Gasteiger partial charge in [0, 0.05) is 25.2 Å². The van der Waals surface area contributed by atoms with E-state index < -0.39 is 7.40 Å². The Bertz CT molecular complexity index is 1770. The number of rotatable bonds is 12. The van der Waals surface area contributed by atoms with Gasteiger partial charge in [0.1, 0.15) is 29.7 Å². The predicted octanol–water partition coefficient (Wildman–Crippen LogP) is 8.86. The summed E-state index contributed by atoms with van der Waals surface area (Å²) >= 11 is 0. The van der Waals surface area contributed by atoms with E-state index in [1.165, 1.54) is 12.8 Å². The smallest absolute Gasteiger partial charge is 0.362 e. The van der Waals surface area contributed by atoms with Gasteiger partial charge in [0.05, 0.1) is 48.9 Å². The minimum atomic E-state index is -3.17. The molecule has 0 amide bonds. The number of hydrogen-bond acceptors (Lipinski definition) is 6. The second-order valence-corrected chi connectivity index (χ2v) is 11.3. The highest BCUT2D eigenvalue weighted by molar-refractivity contribution is 6.27.